The molecule has 34 heavy (non-hydrogen) atoms. The quantitative estimate of drug-likeness (QED) is 0.341. The minimum absolute atomic E-state index is 0.140. The predicted octanol–water partition coefficient (Wildman–Crippen LogP) is 5.54. The normalized spacial score (nSPS) is 11.1. The molecule has 2 N–H and O–H groups in total. The molecule has 0 aliphatic rings. The summed E-state index contributed by atoms with van der Waals surface area (Å²) < 4.78 is 26.8. The summed E-state index contributed by atoms with van der Waals surface area (Å²) in [5, 5.41) is 14.3. The van der Waals surface area contributed by atoms with Gasteiger partial charge in [-0.2, -0.15) is 0 Å². The molecule has 0 bridgehead atoms. The Bertz CT molecular complexity index is 1540. The van der Waals surface area contributed by atoms with Crippen LogP contribution in [-0.2, 0) is 17.6 Å². The van der Waals surface area contributed by atoms with Crippen molar-refractivity contribution in [3.05, 3.63) is 107 Å². The van der Waals surface area contributed by atoms with Crippen molar-refractivity contribution in [3.8, 4) is 5.75 Å². The van der Waals surface area contributed by atoms with Crippen LogP contribution in [0.2, 0.25) is 0 Å². The van der Waals surface area contributed by atoms with Crippen LogP contribution in [0.5, 0.6) is 5.75 Å². The van der Waals surface area contributed by atoms with Gasteiger partial charge in [-0.3, -0.25) is 4.79 Å². The molecule has 0 radical (unpaired) electrons. The molecule has 4 aromatic carbocycles. The summed E-state index contributed by atoms with van der Waals surface area (Å²) in [5.74, 6) is -1.92. The van der Waals surface area contributed by atoms with Crippen molar-refractivity contribution in [2.45, 2.75) is 12.8 Å². The molecule has 1 amide bonds. The third-order valence-corrected chi connectivity index (χ3v) is 5.53. The average molecular weight is 455 g/mol. The zero-order valence-corrected chi connectivity index (χ0v) is 17.9. The first-order valence-electron chi connectivity index (χ1n) is 10.7. The summed E-state index contributed by atoms with van der Waals surface area (Å²) in [7, 11) is 0. The lowest BCUT2D eigenvalue weighted by Gasteiger charge is -2.13. The summed E-state index contributed by atoms with van der Waals surface area (Å²) in [5.41, 5.74) is 3.14. The molecule has 0 saturated heterocycles. The van der Waals surface area contributed by atoms with E-state index in [2.05, 4.69) is 10.3 Å². The van der Waals surface area contributed by atoms with Crippen LogP contribution in [-0.4, -0.2) is 21.0 Å². The molecule has 168 valence electrons. The first-order valence-corrected chi connectivity index (χ1v) is 10.7. The van der Waals surface area contributed by atoms with Crippen molar-refractivity contribution >= 4 is 33.5 Å². The highest BCUT2D eigenvalue weighted by Crippen LogP contribution is 2.28. The average Bonchev–Trinajstić information content (AvgIpc) is 2.82. The smallest absolute Gasteiger partial charge is 0.229 e. The van der Waals surface area contributed by atoms with Gasteiger partial charge in [0.2, 0.25) is 5.91 Å². The van der Waals surface area contributed by atoms with Gasteiger partial charge in [-0.25, -0.2) is 18.7 Å². The number of carbonyl (C=O) groups is 1. The van der Waals surface area contributed by atoms with E-state index in [1.807, 2.05) is 36.4 Å². The van der Waals surface area contributed by atoms with Gasteiger partial charge in [0, 0.05) is 11.8 Å². The number of carbonyl (C=O) groups excluding carboxylic acids is 1. The highest BCUT2D eigenvalue weighted by atomic mass is 19.2. The third-order valence-electron chi connectivity index (χ3n) is 5.53. The zero-order valence-electron chi connectivity index (χ0n) is 17.9. The van der Waals surface area contributed by atoms with Crippen LogP contribution in [0.25, 0.3) is 21.8 Å². The van der Waals surface area contributed by atoms with Crippen molar-refractivity contribution in [3.63, 3.8) is 0 Å². The Balaban J connectivity index is 1.55. The van der Waals surface area contributed by atoms with Crippen LogP contribution >= 0.6 is 0 Å². The molecular formula is C27H19F2N3O2. The molecule has 0 fully saturated rings. The van der Waals surface area contributed by atoms with Crippen LogP contribution in [0.1, 0.15) is 16.8 Å². The molecule has 0 atom stereocenters. The molecule has 5 rings (SSSR count). The van der Waals surface area contributed by atoms with Crippen molar-refractivity contribution < 1.29 is 18.7 Å². The first-order chi connectivity index (χ1) is 16.5. The minimum atomic E-state index is -1.00. The Morgan fingerprint density at radius 3 is 2.47 bits per heavy atom. The Kier molecular flexibility index (Phi) is 5.59. The first kappa shape index (κ1) is 21.5. The van der Waals surface area contributed by atoms with Gasteiger partial charge >= 0.3 is 0 Å². The van der Waals surface area contributed by atoms with E-state index in [-0.39, 0.29) is 12.2 Å². The number of benzene rings is 4. The number of aromatic hydroxyl groups is 1. The van der Waals surface area contributed by atoms with Gasteiger partial charge in [0.25, 0.3) is 0 Å². The Labute approximate surface area is 193 Å². The molecule has 7 heteroatoms. The third kappa shape index (κ3) is 4.41. The minimum Gasteiger partial charge on any atom is -0.508 e. The molecule has 0 unspecified atom stereocenters. The number of rotatable bonds is 5. The standard InChI is InChI=1S/C27H19F2N3O2/c28-21-10-6-17(12-22(21)29)14-25(34)32-27-24(13-16-4-2-1-3-5-16)30-26-20-9-8-19(33)15-18(20)7-11-23(26)31-27/h1-12,15,33H,13-14H2,(H,31,32,34). The summed E-state index contributed by atoms with van der Waals surface area (Å²) in [6.45, 7) is 0. The van der Waals surface area contributed by atoms with Crippen molar-refractivity contribution in [2.24, 2.45) is 0 Å². The van der Waals surface area contributed by atoms with Crippen molar-refractivity contribution in [1.82, 2.24) is 9.97 Å². The van der Waals surface area contributed by atoms with E-state index < -0.39 is 17.5 Å². The van der Waals surface area contributed by atoms with Gasteiger partial charge in [0.15, 0.2) is 17.5 Å². The van der Waals surface area contributed by atoms with E-state index in [0.29, 0.717) is 34.5 Å². The number of hydrogen-bond donors (Lipinski definition) is 2. The Hall–Kier alpha value is -4.39. The topological polar surface area (TPSA) is 75.1 Å². The molecule has 1 heterocycles. The maximum absolute atomic E-state index is 13.5. The molecule has 5 aromatic rings. The number of anilines is 1. The molecule has 5 nitrogen and oxygen atoms in total. The monoisotopic (exact) mass is 455 g/mol. The molecule has 1 aromatic heterocycles. The fraction of sp³-hybridized carbons (Fsp3) is 0.0741. The Morgan fingerprint density at radius 1 is 0.853 bits per heavy atom. The van der Waals surface area contributed by atoms with E-state index >= 15 is 0 Å². The number of nitrogens with one attached hydrogen (secondary N) is 1. The summed E-state index contributed by atoms with van der Waals surface area (Å²) in [6, 6.07) is 21.7. The molecular weight excluding hydrogens is 436 g/mol. The predicted molar refractivity (Wildman–Crippen MR) is 127 cm³/mol. The SMILES string of the molecule is O=C(Cc1ccc(F)c(F)c1)Nc1nc2ccc3cc(O)ccc3c2nc1Cc1ccccc1. The van der Waals surface area contributed by atoms with E-state index in [4.69, 9.17) is 4.98 Å². The molecule has 0 aliphatic heterocycles. The number of nitrogens with zero attached hydrogens (tertiary/aromatic N) is 2. The Morgan fingerprint density at radius 2 is 1.68 bits per heavy atom. The number of hydrogen-bond acceptors (Lipinski definition) is 4. The van der Waals surface area contributed by atoms with Crippen LogP contribution in [0.4, 0.5) is 14.6 Å². The lowest BCUT2D eigenvalue weighted by atomic mass is 10.1. The summed E-state index contributed by atoms with van der Waals surface area (Å²) in [6.07, 6.45) is 0.289. The van der Waals surface area contributed by atoms with Gasteiger partial charge in [-0.15, -0.1) is 0 Å². The summed E-state index contributed by atoms with van der Waals surface area (Å²) >= 11 is 0. The second-order valence-corrected chi connectivity index (χ2v) is 7.99. The fourth-order valence-corrected chi connectivity index (χ4v) is 3.89. The number of phenols is 1. The lowest BCUT2D eigenvalue weighted by molar-refractivity contribution is -0.115. The zero-order chi connectivity index (χ0) is 23.7. The van der Waals surface area contributed by atoms with Gasteiger partial charge in [0.1, 0.15) is 5.75 Å². The van der Waals surface area contributed by atoms with Crippen LogP contribution in [0.15, 0.2) is 78.9 Å². The largest absolute Gasteiger partial charge is 0.508 e. The number of phenolic OH excluding ortho intramolecular Hbond substituents is 1. The number of fused-ring (bicyclic) bond motifs is 3. The van der Waals surface area contributed by atoms with E-state index in [1.54, 1.807) is 24.3 Å². The maximum Gasteiger partial charge on any atom is 0.229 e. The maximum atomic E-state index is 13.5. The molecule has 0 saturated carbocycles. The van der Waals surface area contributed by atoms with E-state index in [9.17, 15) is 18.7 Å². The van der Waals surface area contributed by atoms with Crippen LogP contribution in [0, 0.1) is 11.6 Å². The fourth-order valence-electron chi connectivity index (χ4n) is 3.89. The second-order valence-electron chi connectivity index (χ2n) is 7.99. The summed E-state index contributed by atoms with van der Waals surface area (Å²) in [4.78, 5) is 22.3. The van der Waals surface area contributed by atoms with Gasteiger partial charge in [0.05, 0.1) is 23.1 Å². The highest BCUT2D eigenvalue weighted by Gasteiger charge is 2.15. The lowest BCUT2D eigenvalue weighted by Crippen LogP contribution is -2.18. The van der Waals surface area contributed by atoms with Gasteiger partial charge in [-0.05, 0) is 52.9 Å². The van der Waals surface area contributed by atoms with Crippen LogP contribution < -0.4 is 5.32 Å². The van der Waals surface area contributed by atoms with Crippen molar-refractivity contribution in [2.75, 3.05) is 5.32 Å². The van der Waals surface area contributed by atoms with Gasteiger partial charge in [-0.1, -0.05) is 42.5 Å². The second kappa shape index (κ2) is 8.86. The number of amides is 1. The van der Waals surface area contributed by atoms with Crippen molar-refractivity contribution in [1.29, 1.82) is 0 Å². The molecule has 0 aliphatic carbocycles. The highest BCUT2D eigenvalue weighted by molar-refractivity contribution is 6.05. The van der Waals surface area contributed by atoms with E-state index in [1.165, 1.54) is 6.07 Å². The number of halogens is 2. The number of aromatic nitrogens is 2. The van der Waals surface area contributed by atoms with Gasteiger partial charge < -0.3 is 10.4 Å². The molecule has 0 spiro atoms. The van der Waals surface area contributed by atoms with Crippen LogP contribution in [0.3, 0.4) is 0 Å². The van der Waals surface area contributed by atoms with E-state index in [0.717, 1.165) is 28.5 Å².